The maximum atomic E-state index is 13.0. The van der Waals surface area contributed by atoms with Crippen LogP contribution in [0.25, 0.3) is 0 Å². The predicted molar refractivity (Wildman–Crippen MR) is 108 cm³/mol. The summed E-state index contributed by atoms with van der Waals surface area (Å²) in [4.78, 5) is 15.9. The molecule has 1 amide bonds. The van der Waals surface area contributed by atoms with Gasteiger partial charge < -0.3 is 23.8 Å². The van der Waals surface area contributed by atoms with Gasteiger partial charge in [0.05, 0.1) is 7.11 Å². The van der Waals surface area contributed by atoms with Crippen LogP contribution in [0.2, 0.25) is 0 Å². The van der Waals surface area contributed by atoms with E-state index in [2.05, 4.69) is 0 Å². The average molecular weight is 409 g/mol. The third kappa shape index (κ3) is 3.27. The first kappa shape index (κ1) is 17.9. The standard InChI is InChI=1S/C22H19NO5S/c1-25-15-5-7-16(8-6-15)28-21-20(19-3-2-10-29-19)23(22(21)24)12-14-4-9-17-18(11-14)27-13-26-17/h2-11,20-21H,12-13H2,1H3/t20-,21-/m0/s1. The van der Waals surface area contributed by atoms with Crippen molar-refractivity contribution in [3.63, 3.8) is 0 Å². The summed E-state index contributed by atoms with van der Waals surface area (Å²) in [7, 11) is 1.62. The first-order valence-electron chi connectivity index (χ1n) is 9.26. The van der Waals surface area contributed by atoms with Gasteiger partial charge in [-0.05, 0) is 53.4 Å². The minimum absolute atomic E-state index is 0.0307. The summed E-state index contributed by atoms with van der Waals surface area (Å²) in [5, 5.41) is 2.02. The monoisotopic (exact) mass is 409 g/mol. The molecule has 0 N–H and O–H groups in total. The van der Waals surface area contributed by atoms with Gasteiger partial charge in [-0.3, -0.25) is 4.79 Å². The Bertz CT molecular complexity index is 1020. The SMILES string of the molecule is COc1ccc(O[C@@H]2C(=O)N(Cc3ccc4c(c3)OCO4)[C@H]2c2cccs2)cc1. The molecule has 2 atom stereocenters. The number of rotatable bonds is 6. The molecule has 7 heteroatoms. The number of likely N-dealkylation sites (tertiary alicyclic amines) is 1. The summed E-state index contributed by atoms with van der Waals surface area (Å²) in [6, 6.07) is 17.0. The van der Waals surface area contributed by atoms with E-state index >= 15 is 0 Å². The van der Waals surface area contributed by atoms with Gasteiger partial charge in [0.2, 0.25) is 12.9 Å². The van der Waals surface area contributed by atoms with Crippen molar-refractivity contribution in [1.82, 2.24) is 4.90 Å². The van der Waals surface area contributed by atoms with E-state index in [4.69, 9.17) is 18.9 Å². The second-order valence-electron chi connectivity index (χ2n) is 6.83. The van der Waals surface area contributed by atoms with E-state index in [1.165, 1.54) is 0 Å². The Morgan fingerprint density at radius 1 is 1.07 bits per heavy atom. The summed E-state index contributed by atoms with van der Waals surface area (Å²) < 4.78 is 22.1. The van der Waals surface area contributed by atoms with Gasteiger partial charge in [-0.15, -0.1) is 11.3 Å². The molecule has 0 radical (unpaired) electrons. The van der Waals surface area contributed by atoms with E-state index in [1.807, 2.05) is 64.9 Å². The lowest BCUT2D eigenvalue weighted by atomic mass is 9.95. The number of nitrogens with zero attached hydrogens (tertiary/aromatic N) is 1. The number of thiophene rings is 1. The van der Waals surface area contributed by atoms with Gasteiger partial charge in [-0.2, -0.15) is 0 Å². The quantitative estimate of drug-likeness (QED) is 0.576. The van der Waals surface area contributed by atoms with Crippen LogP contribution in [0.3, 0.4) is 0 Å². The second-order valence-corrected chi connectivity index (χ2v) is 7.81. The molecule has 1 saturated heterocycles. The fraction of sp³-hybridized carbons (Fsp3) is 0.227. The third-order valence-corrected chi connectivity index (χ3v) is 6.04. The zero-order valence-electron chi connectivity index (χ0n) is 15.7. The molecule has 6 nitrogen and oxygen atoms in total. The molecule has 3 heterocycles. The molecule has 1 aromatic heterocycles. The van der Waals surface area contributed by atoms with Crippen molar-refractivity contribution < 1.29 is 23.7 Å². The lowest BCUT2D eigenvalue weighted by Crippen LogP contribution is -2.60. The average Bonchev–Trinajstić information content (AvgIpc) is 3.44. The summed E-state index contributed by atoms with van der Waals surface area (Å²) in [6.07, 6.45) is -0.545. The van der Waals surface area contributed by atoms with Gasteiger partial charge in [-0.1, -0.05) is 12.1 Å². The lowest BCUT2D eigenvalue weighted by Gasteiger charge is -2.46. The Balaban J connectivity index is 1.37. The van der Waals surface area contributed by atoms with Crippen molar-refractivity contribution in [2.45, 2.75) is 18.7 Å². The van der Waals surface area contributed by atoms with Crippen LogP contribution in [-0.2, 0) is 11.3 Å². The number of β-lactam (4-membered cyclic amide) rings is 1. The molecule has 0 saturated carbocycles. The van der Waals surface area contributed by atoms with Crippen molar-refractivity contribution in [3.05, 3.63) is 70.4 Å². The number of fused-ring (bicyclic) bond motifs is 1. The molecule has 2 aliphatic heterocycles. The van der Waals surface area contributed by atoms with Gasteiger partial charge in [0.25, 0.3) is 5.91 Å². The largest absolute Gasteiger partial charge is 0.497 e. The number of benzene rings is 2. The van der Waals surface area contributed by atoms with Crippen LogP contribution < -0.4 is 18.9 Å². The molecule has 0 spiro atoms. The number of ether oxygens (including phenoxy) is 4. The van der Waals surface area contributed by atoms with Crippen molar-refractivity contribution >= 4 is 17.2 Å². The van der Waals surface area contributed by atoms with E-state index in [1.54, 1.807) is 18.4 Å². The van der Waals surface area contributed by atoms with Gasteiger partial charge in [0, 0.05) is 11.4 Å². The third-order valence-electron chi connectivity index (χ3n) is 5.10. The number of hydrogen-bond acceptors (Lipinski definition) is 6. The topological polar surface area (TPSA) is 57.2 Å². The molecule has 2 aromatic carbocycles. The smallest absolute Gasteiger partial charge is 0.267 e. The highest BCUT2D eigenvalue weighted by Crippen LogP contribution is 2.42. The van der Waals surface area contributed by atoms with Crippen molar-refractivity contribution in [3.8, 4) is 23.0 Å². The van der Waals surface area contributed by atoms with Crippen LogP contribution in [0.15, 0.2) is 60.0 Å². The summed E-state index contributed by atoms with van der Waals surface area (Å²) in [5.74, 6) is 2.82. The maximum Gasteiger partial charge on any atom is 0.267 e. The fourth-order valence-electron chi connectivity index (χ4n) is 3.61. The first-order chi connectivity index (χ1) is 14.2. The number of carbonyl (C=O) groups excluding carboxylic acids is 1. The van der Waals surface area contributed by atoms with Gasteiger partial charge in [-0.25, -0.2) is 0 Å². The zero-order valence-corrected chi connectivity index (χ0v) is 16.6. The molecule has 0 aliphatic carbocycles. The van der Waals surface area contributed by atoms with E-state index in [-0.39, 0.29) is 18.7 Å². The van der Waals surface area contributed by atoms with Crippen LogP contribution in [0, 0.1) is 0 Å². The molecule has 2 aliphatic rings. The van der Waals surface area contributed by atoms with Gasteiger partial charge in [0.1, 0.15) is 17.5 Å². The molecular formula is C22H19NO5S. The number of methoxy groups -OCH3 is 1. The van der Waals surface area contributed by atoms with E-state index in [9.17, 15) is 4.79 Å². The lowest BCUT2D eigenvalue weighted by molar-refractivity contribution is -0.165. The number of carbonyl (C=O) groups is 1. The second kappa shape index (κ2) is 7.33. The highest BCUT2D eigenvalue weighted by Gasteiger charge is 2.50. The molecule has 0 unspecified atom stereocenters. The minimum atomic E-state index is -0.545. The van der Waals surface area contributed by atoms with Crippen LogP contribution in [0.4, 0.5) is 0 Å². The Kier molecular flexibility index (Phi) is 4.52. The van der Waals surface area contributed by atoms with E-state index in [0.717, 1.165) is 21.9 Å². The molecule has 1 fully saturated rings. The number of amides is 1. The molecule has 148 valence electrons. The van der Waals surface area contributed by atoms with Crippen LogP contribution in [0.5, 0.6) is 23.0 Å². The molecule has 5 rings (SSSR count). The zero-order chi connectivity index (χ0) is 19.8. The maximum absolute atomic E-state index is 13.0. The van der Waals surface area contributed by atoms with Gasteiger partial charge in [0.15, 0.2) is 11.5 Å². The molecular weight excluding hydrogens is 390 g/mol. The summed E-state index contributed by atoms with van der Waals surface area (Å²) in [6.45, 7) is 0.720. The normalized spacial score (nSPS) is 19.8. The van der Waals surface area contributed by atoms with E-state index in [0.29, 0.717) is 18.0 Å². The van der Waals surface area contributed by atoms with Crippen LogP contribution in [-0.4, -0.2) is 30.8 Å². The Morgan fingerprint density at radius 2 is 1.86 bits per heavy atom. The highest BCUT2D eigenvalue weighted by atomic mass is 32.1. The highest BCUT2D eigenvalue weighted by molar-refractivity contribution is 7.10. The summed E-state index contributed by atoms with van der Waals surface area (Å²) >= 11 is 1.63. The van der Waals surface area contributed by atoms with Crippen molar-refractivity contribution in [1.29, 1.82) is 0 Å². The predicted octanol–water partition coefficient (Wildman–Crippen LogP) is 4.02. The fourth-order valence-corrected chi connectivity index (χ4v) is 4.47. The molecule has 0 bridgehead atoms. The van der Waals surface area contributed by atoms with E-state index < -0.39 is 6.10 Å². The Labute approximate surface area is 172 Å². The Morgan fingerprint density at radius 3 is 2.62 bits per heavy atom. The first-order valence-corrected chi connectivity index (χ1v) is 10.1. The number of hydrogen-bond donors (Lipinski definition) is 0. The van der Waals surface area contributed by atoms with Crippen LogP contribution in [0.1, 0.15) is 16.5 Å². The van der Waals surface area contributed by atoms with Gasteiger partial charge >= 0.3 is 0 Å². The van der Waals surface area contributed by atoms with Crippen molar-refractivity contribution in [2.75, 3.05) is 13.9 Å². The minimum Gasteiger partial charge on any atom is -0.497 e. The summed E-state index contributed by atoms with van der Waals surface area (Å²) in [5.41, 5.74) is 0.993. The molecule has 29 heavy (non-hydrogen) atoms. The molecule has 3 aromatic rings. The van der Waals surface area contributed by atoms with Crippen LogP contribution >= 0.6 is 11.3 Å². The Hall–Kier alpha value is -3.19. The van der Waals surface area contributed by atoms with Crippen molar-refractivity contribution in [2.24, 2.45) is 0 Å².